The number of nitriles is 1. The molecule has 0 spiro atoms. The average molecular weight is 378 g/mol. The minimum absolute atomic E-state index is 0.0182. The Morgan fingerprint density at radius 2 is 1.75 bits per heavy atom. The van der Waals surface area contributed by atoms with Crippen molar-refractivity contribution in [2.75, 3.05) is 32.8 Å². The van der Waals surface area contributed by atoms with Crippen LogP contribution in [0.15, 0.2) is 48.5 Å². The quantitative estimate of drug-likeness (QED) is 0.836. The fourth-order valence-corrected chi connectivity index (χ4v) is 3.42. The van der Waals surface area contributed by atoms with Gasteiger partial charge in [-0.05, 0) is 35.7 Å². The monoisotopic (exact) mass is 378 g/mol. The number of rotatable bonds is 6. The maximum atomic E-state index is 12.4. The van der Waals surface area contributed by atoms with Gasteiger partial charge in [0.2, 0.25) is 0 Å². The smallest absolute Gasteiger partial charge is 0.260 e. The molecular formula is C23H28N3O2+. The highest BCUT2D eigenvalue weighted by atomic mass is 16.5. The minimum Gasteiger partial charge on any atom is -0.484 e. The maximum absolute atomic E-state index is 12.4. The second kappa shape index (κ2) is 9.38. The lowest BCUT2D eigenvalue weighted by atomic mass is 10.0. The average Bonchev–Trinajstić information content (AvgIpc) is 2.73. The molecule has 146 valence electrons. The van der Waals surface area contributed by atoms with Crippen molar-refractivity contribution in [2.45, 2.75) is 26.3 Å². The zero-order valence-electron chi connectivity index (χ0n) is 16.6. The molecule has 1 heterocycles. The number of carbonyl (C=O) groups excluding carboxylic acids is 1. The summed E-state index contributed by atoms with van der Waals surface area (Å²) in [6.45, 7) is 8.89. The SMILES string of the molecule is CC(C)c1ccc(C[NH+]2CCN(C(=O)COc3ccc(C#N)cc3)CC2)cc1. The Kier molecular flexibility index (Phi) is 6.67. The summed E-state index contributed by atoms with van der Waals surface area (Å²) in [7, 11) is 0. The number of carbonyl (C=O) groups is 1. The normalized spacial score (nSPS) is 14.7. The summed E-state index contributed by atoms with van der Waals surface area (Å²) < 4.78 is 5.57. The lowest BCUT2D eigenvalue weighted by Gasteiger charge is -2.32. The Morgan fingerprint density at radius 3 is 2.32 bits per heavy atom. The summed E-state index contributed by atoms with van der Waals surface area (Å²) in [5.41, 5.74) is 3.30. The summed E-state index contributed by atoms with van der Waals surface area (Å²) in [5.74, 6) is 1.19. The van der Waals surface area contributed by atoms with Crippen LogP contribution in [0.4, 0.5) is 0 Å². The molecule has 1 amide bonds. The van der Waals surface area contributed by atoms with Crippen LogP contribution >= 0.6 is 0 Å². The molecule has 5 heteroatoms. The number of ether oxygens (including phenoxy) is 1. The molecule has 1 aliphatic heterocycles. The predicted octanol–water partition coefficient (Wildman–Crippen LogP) is 1.99. The largest absolute Gasteiger partial charge is 0.484 e. The number of hydrogen-bond acceptors (Lipinski definition) is 3. The highest BCUT2D eigenvalue weighted by Crippen LogP contribution is 2.14. The van der Waals surface area contributed by atoms with Crippen LogP contribution in [0.25, 0.3) is 0 Å². The van der Waals surface area contributed by atoms with Crippen LogP contribution in [0, 0.1) is 11.3 Å². The summed E-state index contributed by atoms with van der Waals surface area (Å²) >= 11 is 0. The molecule has 1 aliphatic rings. The fourth-order valence-electron chi connectivity index (χ4n) is 3.42. The van der Waals surface area contributed by atoms with Gasteiger partial charge in [0, 0.05) is 5.56 Å². The first-order valence-electron chi connectivity index (χ1n) is 9.88. The van der Waals surface area contributed by atoms with Crippen molar-refractivity contribution in [3.63, 3.8) is 0 Å². The molecular weight excluding hydrogens is 350 g/mol. The van der Waals surface area contributed by atoms with E-state index in [0.29, 0.717) is 17.2 Å². The highest BCUT2D eigenvalue weighted by Gasteiger charge is 2.24. The number of quaternary nitrogens is 1. The van der Waals surface area contributed by atoms with Crippen LogP contribution in [0.2, 0.25) is 0 Å². The Morgan fingerprint density at radius 1 is 1.11 bits per heavy atom. The van der Waals surface area contributed by atoms with Crippen molar-refractivity contribution in [1.82, 2.24) is 4.90 Å². The molecule has 2 aromatic carbocycles. The van der Waals surface area contributed by atoms with Crippen molar-refractivity contribution in [2.24, 2.45) is 0 Å². The van der Waals surface area contributed by atoms with Crippen LogP contribution in [-0.4, -0.2) is 43.6 Å². The first-order valence-corrected chi connectivity index (χ1v) is 9.88. The van der Waals surface area contributed by atoms with Crippen LogP contribution in [0.5, 0.6) is 5.75 Å². The molecule has 0 unspecified atom stereocenters. The molecule has 0 atom stereocenters. The van der Waals surface area contributed by atoms with Gasteiger partial charge in [-0.25, -0.2) is 0 Å². The third kappa shape index (κ3) is 5.34. The van der Waals surface area contributed by atoms with Crippen molar-refractivity contribution in [1.29, 1.82) is 5.26 Å². The van der Waals surface area contributed by atoms with Crippen molar-refractivity contribution < 1.29 is 14.4 Å². The highest BCUT2D eigenvalue weighted by molar-refractivity contribution is 5.77. The molecule has 28 heavy (non-hydrogen) atoms. The van der Waals surface area contributed by atoms with Gasteiger partial charge in [0.15, 0.2) is 6.61 Å². The topological polar surface area (TPSA) is 57.8 Å². The fraction of sp³-hybridized carbons (Fsp3) is 0.391. The molecule has 1 saturated heterocycles. The van der Waals surface area contributed by atoms with Gasteiger partial charge in [-0.1, -0.05) is 38.1 Å². The number of nitrogens with zero attached hydrogens (tertiary/aromatic N) is 2. The zero-order valence-corrected chi connectivity index (χ0v) is 16.6. The van der Waals surface area contributed by atoms with Gasteiger partial charge < -0.3 is 14.5 Å². The number of amides is 1. The molecule has 3 rings (SSSR count). The molecule has 0 saturated carbocycles. The van der Waals surface area contributed by atoms with Gasteiger partial charge in [-0.15, -0.1) is 0 Å². The van der Waals surface area contributed by atoms with E-state index in [2.05, 4.69) is 44.2 Å². The predicted molar refractivity (Wildman–Crippen MR) is 108 cm³/mol. The second-order valence-electron chi connectivity index (χ2n) is 7.63. The molecule has 1 N–H and O–H groups in total. The van der Waals surface area contributed by atoms with E-state index in [1.165, 1.54) is 16.0 Å². The van der Waals surface area contributed by atoms with E-state index in [9.17, 15) is 4.79 Å². The van der Waals surface area contributed by atoms with E-state index < -0.39 is 0 Å². The van der Waals surface area contributed by atoms with Gasteiger partial charge in [0.05, 0.1) is 37.8 Å². The number of hydrogen-bond donors (Lipinski definition) is 1. The summed E-state index contributed by atoms with van der Waals surface area (Å²) in [4.78, 5) is 15.8. The standard InChI is InChI=1S/C23H27N3O2/c1-18(2)21-7-3-20(4-8-21)16-25-11-13-26(14-12-25)23(27)17-28-22-9-5-19(15-24)6-10-22/h3-10,18H,11-14,16-17H2,1-2H3/p+1. The van der Waals surface area contributed by atoms with Crippen molar-refractivity contribution >= 4 is 5.91 Å². The third-order valence-electron chi connectivity index (χ3n) is 5.27. The zero-order chi connectivity index (χ0) is 19.9. The number of nitrogens with one attached hydrogen (secondary N) is 1. The Balaban J connectivity index is 1.42. The first kappa shape index (κ1) is 19.9. The van der Waals surface area contributed by atoms with E-state index in [0.717, 1.165) is 32.7 Å². The van der Waals surface area contributed by atoms with E-state index >= 15 is 0 Å². The molecule has 0 bridgehead atoms. The van der Waals surface area contributed by atoms with Crippen molar-refractivity contribution in [3.05, 3.63) is 65.2 Å². The van der Waals surface area contributed by atoms with Crippen LogP contribution in [-0.2, 0) is 11.3 Å². The molecule has 5 nitrogen and oxygen atoms in total. The summed E-state index contributed by atoms with van der Waals surface area (Å²) in [5, 5.41) is 8.81. The van der Waals surface area contributed by atoms with Gasteiger partial charge >= 0.3 is 0 Å². The Labute approximate surface area is 167 Å². The minimum atomic E-state index is 0.0182. The lowest BCUT2D eigenvalue weighted by Crippen LogP contribution is -3.13. The Bertz CT molecular complexity index is 814. The van der Waals surface area contributed by atoms with Gasteiger partial charge in [-0.3, -0.25) is 4.79 Å². The molecule has 2 aromatic rings. The van der Waals surface area contributed by atoms with Crippen LogP contribution in [0.3, 0.4) is 0 Å². The number of piperazine rings is 1. The van der Waals surface area contributed by atoms with Gasteiger partial charge in [0.25, 0.3) is 5.91 Å². The van der Waals surface area contributed by atoms with Gasteiger partial charge in [0.1, 0.15) is 12.3 Å². The maximum Gasteiger partial charge on any atom is 0.260 e. The third-order valence-corrected chi connectivity index (χ3v) is 5.27. The van der Waals surface area contributed by atoms with E-state index in [-0.39, 0.29) is 12.5 Å². The molecule has 1 fully saturated rings. The molecule has 0 aliphatic carbocycles. The van der Waals surface area contributed by atoms with Gasteiger partial charge in [-0.2, -0.15) is 5.26 Å². The van der Waals surface area contributed by atoms with Crippen LogP contribution in [0.1, 0.15) is 36.5 Å². The molecule has 0 radical (unpaired) electrons. The molecule has 0 aromatic heterocycles. The van der Waals surface area contributed by atoms with E-state index in [4.69, 9.17) is 10.00 Å². The van der Waals surface area contributed by atoms with Crippen LogP contribution < -0.4 is 9.64 Å². The summed E-state index contributed by atoms with van der Waals surface area (Å²) in [6.07, 6.45) is 0. The summed E-state index contributed by atoms with van der Waals surface area (Å²) in [6, 6.07) is 17.8. The second-order valence-corrected chi connectivity index (χ2v) is 7.63. The first-order chi connectivity index (χ1) is 13.5. The van der Waals surface area contributed by atoms with Crippen molar-refractivity contribution in [3.8, 4) is 11.8 Å². The number of benzene rings is 2. The Hall–Kier alpha value is -2.84. The lowest BCUT2D eigenvalue weighted by molar-refractivity contribution is -0.917. The van der Waals surface area contributed by atoms with E-state index in [1.54, 1.807) is 24.3 Å². The van der Waals surface area contributed by atoms with E-state index in [1.807, 2.05) is 4.90 Å².